The highest BCUT2D eigenvalue weighted by Crippen LogP contribution is 2.43. The fraction of sp³-hybridized carbons (Fsp3) is 0.500. The van der Waals surface area contributed by atoms with Gasteiger partial charge in [0.25, 0.3) is 0 Å². The van der Waals surface area contributed by atoms with Gasteiger partial charge in [-0.1, -0.05) is 12.1 Å². The third kappa shape index (κ3) is 9.14. The number of rotatable bonds is 12. The monoisotopic (exact) mass is 966 g/mol. The molecular formula is C48H54F4N14O4. The molecule has 8 heterocycles. The molecule has 368 valence electrons. The lowest BCUT2D eigenvalue weighted by atomic mass is 9.92. The number of ether oxygens (including phenoxy) is 4. The molecule has 2 N–H and O–H groups in total. The first-order valence-electron chi connectivity index (χ1n) is 24.0. The van der Waals surface area contributed by atoms with Crippen molar-refractivity contribution in [1.82, 2.24) is 49.9 Å². The van der Waals surface area contributed by atoms with Gasteiger partial charge in [0.05, 0.1) is 38.0 Å². The zero-order chi connectivity index (χ0) is 47.9. The lowest BCUT2D eigenvalue weighted by Gasteiger charge is -2.39. The van der Waals surface area contributed by atoms with Gasteiger partial charge >= 0.3 is 0 Å². The Bertz CT molecular complexity index is 2600. The predicted molar refractivity (Wildman–Crippen MR) is 247 cm³/mol. The lowest BCUT2D eigenvalue weighted by molar-refractivity contribution is 0.147. The Balaban J connectivity index is 0.000000152. The van der Waals surface area contributed by atoms with Gasteiger partial charge < -0.3 is 39.4 Å². The molecule has 4 aliphatic heterocycles. The number of aryl methyl sites for hydroxylation is 2. The van der Waals surface area contributed by atoms with Crippen LogP contribution in [-0.4, -0.2) is 102 Å². The molecule has 0 amide bonds. The summed E-state index contributed by atoms with van der Waals surface area (Å²) in [7, 11) is 3.19. The molecule has 22 heteroatoms. The first-order chi connectivity index (χ1) is 34.2. The third-order valence-corrected chi connectivity index (χ3v) is 14.7. The van der Waals surface area contributed by atoms with Crippen molar-refractivity contribution >= 4 is 23.3 Å². The minimum absolute atomic E-state index is 0.103. The summed E-state index contributed by atoms with van der Waals surface area (Å²) in [5, 5.41) is 32.6. The molecule has 6 aromatic rings. The number of benzene rings is 2. The Morgan fingerprint density at radius 1 is 0.557 bits per heavy atom. The molecule has 2 aliphatic carbocycles. The molecule has 2 saturated carbocycles. The number of hydrogen-bond donors (Lipinski definition) is 2. The average molecular weight is 967 g/mol. The Labute approximate surface area is 401 Å². The van der Waals surface area contributed by atoms with Gasteiger partial charge in [-0.15, -0.1) is 20.4 Å². The van der Waals surface area contributed by atoms with E-state index in [-0.39, 0.29) is 23.6 Å². The van der Waals surface area contributed by atoms with Crippen LogP contribution < -0.4 is 39.4 Å². The number of nitrogens with one attached hydrogen (secondary N) is 2. The zero-order valence-corrected chi connectivity index (χ0v) is 38.8. The Morgan fingerprint density at radius 3 is 1.37 bits per heavy atom. The zero-order valence-electron chi connectivity index (χ0n) is 38.8. The second kappa shape index (κ2) is 19.4. The van der Waals surface area contributed by atoms with E-state index in [2.05, 4.69) is 51.0 Å². The number of nitrogens with zero attached hydrogens (tertiary/aromatic N) is 12. The van der Waals surface area contributed by atoms with Crippen molar-refractivity contribution in [2.24, 2.45) is 23.7 Å². The minimum Gasteiger partial charge on any atom is -0.480 e. The van der Waals surface area contributed by atoms with Crippen LogP contribution in [-0.2, 0) is 13.1 Å². The molecule has 4 aromatic heterocycles. The average Bonchev–Trinajstić information content (AvgIpc) is 4.11. The summed E-state index contributed by atoms with van der Waals surface area (Å²) in [6.45, 7) is 5.06. The molecular weight excluding hydrogens is 913 g/mol. The molecule has 4 fully saturated rings. The smallest absolute Gasteiger partial charge is 0.242 e. The molecule has 8 atom stereocenters. The van der Waals surface area contributed by atoms with E-state index in [4.69, 9.17) is 28.9 Å². The highest BCUT2D eigenvalue weighted by molar-refractivity contribution is 5.49. The van der Waals surface area contributed by atoms with Gasteiger partial charge in [-0.3, -0.25) is 0 Å². The topological polar surface area (TPSA) is 180 Å². The van der Waals surface area contributed by atoms with Gasteiger partial charge in [-0.05, 0) is 99.3 Å². The van der Waals surface area contributed by atoms with E-state index in [9.17, 15) is 17.6 Å². The molecule has 4 bridgehead atoms. The number of methoxy groups -OCH3 is 2. The number of anilines is 4. The Kier molecular flexibility index (Phi) is 12.6. The van der Waals surface area contributed by atoms with Crippen LogP contribution in [0.25, 0.3) is 0 Å². The molecule has 0 spiro atoms. The van der Waals surface area contributed by atoms with Crippen LogP contribution in [0.5, 0.6) is 23.3 Å². The highest BCUT2D eigenvalue weighted by Gasteiger charge is 2.45. The quantitative estimate of drug-likeness (QED) is 0.118. The SMILES string of the molecule is COc1cc(N2C[C@H]3CC[C@@H](C2)C3Nc2nc3n(n2)CCC[C@@H]3Oc2cccc(F)c2F)cnn1.COc1cc(N2C[C@H]3CC[C@@H](C2)C3Nc2nc3n(n2)CCC[C@H]3Oc2cccc(F)c2F)cnn1. The van der Waals surface area contributed by atoms with E-state index in [1.807, 2.05) is 21.5 Å². The van der Waals surface area contributed by atoms with Gasteiger partial charge in [-0.25, -0.2) is 18.1 Å². The number of halogens is 4. The largest absolute Gasteiger partial charge is 0.480 e. The first kappa shape index (κ1) is 45.4. The van der Waals surface area contributed by atoms with Crippen LogP contribution in [0.15, 0.2) is 60.9 Å². The van der Waals surface area contributed by atoms with Crippen molar-refractivity contribution in [2.75, 3.05) is 60.8 Å². The number of fused-ring (bicyclic) bond motifs is 6. The van der Waals surface area contributed by atoms with E-state index >= 15 is 0 Å². The van der Waals surface area contributed by atoms with Gasteiger partial charge in [0.1, 0.15) is 0 Å². The normalized spacial score (nSPS) is 25.3. The molecule has 6 aliphatic rings. The van der Waals surface area contributed by atoms with Crippen LogP contribution in [0.2, 0.25) is 0 Å². The van der Waals surface area contributed by atoms with E-state index in [0.717, 1.165) is 101 Å². The lowest BCUT2D eigenvalue weighted by Crippen LogP contribution is -2.48. The summed E-state index contributed by atoms with van der Waals surface area (Å²) in [6, 6.07) is 12.3. The minimum atomic E-state index is -0.979. The molecule has 2 unspecified atom stereocenters. The van der Waals surface area contributed by atoms with Crippen molar-refractivity contribution in [3.8, 4) is 23.3 Å². The van der Waals surface area contributed by atoms with Crippen LogP contribution in [0.1, 0.15) is 75.2 Å². The predicted octanol–water partition coefficient (Wildman–Crippen LogP) is 7.19. The van der Waals surface area contributed by atoms with Crippen LogP contribution >= 0.6 is 0 Å². The summed E-state index contributed by atoms with van der Waals surface area (Å²) >= 11 is 0. The summed E-state index contributed by atoms with van der Waals surface area (Å²) in [5.41, 5.74) is 2.04. The molecule has 0 radical (unpaired) electrons. The van der Waals surface area contributed by atoms with Gasteiger partial charge in [0.15, 0.2) is 47.0 Å². The van der Waals surface area contributed by atoms with Crippen LogP contribution in [0.3, 0.4) is 0 Å². The number of hydrogen-bond acceptors (Lipinski definition) is 16. The first-order valence-corrected chi connectivity index (χ1v) is 24.0. The maximum absolute atomic E-state index is 14.2. The summed E-state index contributed by atoms with van der Waals surface area (Å²) < 4.78 is 81.4. The maximum atomic E-state index is 14.2. The van der Waals surface area contributed by atoms with Crippen LogP contribution in [0.4, 0.5) is 40.8 Å². The van der Waals surface area contributed by atoms with Crippen molar-refractivity contribution in [2.45, 2.75) is 88.7 Å². The number of piperidine rings is 2. The third-order valence-electron chi connectivity index (χ3n) is 14.7. The van der Waals surface area contributed by atoms with Crippen LogP contribution in [0, 0.1) is 46.9 Å². The highest BCUT2D eigenvalue weighted by atomic mass is 19.2. The van der Waals surface area contributed by atoms with Gasteiger partial charge in [0, 0.05) is 63.5 Å². The molecule has 2 aromatic carbocycles. The summed E-state index contributed by atoms with van der Waals surface area (Å²) in [5.74, 6) is 1.21. The second-order valence-corrected chi connectivity index (χ2v) is 18.9. The molecule has 12 rings (SSSR count). The number of aromatic nitrogens is 10. The fourth-order valence-electron chi connectivity index (χ4n) is 11.3. The van der Waals surface area contributed by atoms with E-state index in [1.54, 1.807) is 26.6 Å². The fourth-order valence-corrected chi connectivity index (χ4v) is 11.3. The summed E-state index contributed by atoms with van der Waals surface area (Å²) in [6.07, 6.45) is 10.1. The van der Waals surface area contributed by atoms with Gasteiger partial charge in [-0.2, -0.15) is 28.9 Å². The maximum Gasteiger partial charge on any atom is 0.242 e. The molecule has 70 heavy (non-hydrogen) atoms. The Morgan fingerprint density at radius 2 is 0.971 bits per heavy atom. The molecule has 18 nitrogen and oxygen atoms in total. The van der Waals surface area contributed by atoms with E-state index < -0.39 is 35.5 Å². The summed E-state index contributed by atoms with van der Waals surface area (Å²) in [4.78, 5) is 14.1. The van der Waals surface area contributed by atoms with Crippen molar-refractivity contribution in [3.63, 3.8) is 0 Å². The second-order valence-electron chi connectivity index (χ2n) is 18.9. The Hall–Kier alpha value is -7.00. The van der Waals surface area contributed by atoms with Crippen molar-refractivity contribution in [1.29, 1.82) is 0 Å². The standard InChI is InChI=1S/2C24H27F2N7O2/c2*1-34-20-10-16(11-27-30-20)32-12-14-7-8-15(13-32)22(14)28-24-29-23-19(6-3-9-33(23)31-24)35-18-5-2-4-17(25)21(18)26/h2*2,4-5,10-11,14-15,19,22H,3,6-9,12-13H2,1H3,(H,28,31)/t2*14-,15+,19-,22?/m10/s1. The van der Waals surface area contributed by atoms with Crippen molar-refractivity contribution in [3.05, 3.63) is 95.8 Å². The van der Waals surface area contributed by atoms with Crippen molar-refractivity contribution < 1.29 is 36.5 Å². The van der Waals surface area contributed by atoms with E-state index in [1.165, 1.54) is 24.3 Å². The molecule has 2 saturated heterocycles. The van der Waals surface area contributed by atoms with E-state index in [0.29, 0.717) is 71.8 Å². The van der Waals surface area contributed by atoms with Gasteiger partial charge in [0.2, 0.25) is 35.3 Å².